The summed E-state index contributed by atoms with van der Waals surface area (Å²) in [6, 6.07) is 15.3. The van der Waals surface area contributed by atoms with E-state index in [0.717, 1.165) is 19.4 Å². The van der Waals surface area contributed by atoms with Crippen LogP contribution >= 0.6 is 11.6 Å². The monoisotopic (exact) mass is 373 g/mol. The maximum Gasteiger partial charge on any atom is 0.257 e. The number of nitrogens with zero attached hydrogens (tertiary/aromatic N) is 1. The van der Waals surface area contributed by atoms with Gasteiger partial charge in [0, 0.05) is 18.1 Å². The maximum absolute atomic E-state index is 12.9. The molecule has 2 aromatic rings. The Balaban J connectivity index is 1.58. The molecule has 1 amide bonds. The normalized spacial score (nSPS) is 17.2. The third-order valence-electron chi connectivity index (χ3n) is 4.66. The molecule has 0 aromatic heterocycles. The molecule has 1 aliphatic rings. The Hall–Kier alpha value is -2.04. The third-order valence-corrected chi connectivity index (χ3v) is 4.90. The number of rotatable bonds is 6. The van der Waals surface area contributed by atoms with Gasteiger partial charge in [-0.05, 0) is 42.5 Å². The number of hydrogen-bond acceptors (Lipinski definition) is 3. The summed E-state index contributed by atoms with van der Waals surface area (Å²) in [6.07, 6.45) is 2.05. The van der Waals surface area contributed by atoms with Gasteiger partial charge in [0.25, 0.3) is 5.91 Å². The number of likely N-dealkylation sites (tertiary alicyclic amines) is 1. The van der Waals surface area contributed by atoms with E-state index < -0.39 is 0 Å². The van der Waals surface area contributed by atoms with Crippen LogP contribution < -0.4 is 4.74 Å². The molecule has 0 spiro atoms. The van der Waals surface area contributed by atoms with Crippen molar-refractivity contribution in [1.82, 2.24) is 4.90 Å². The zero-order valence-electron chi connectivity index (χ0n) is 15.0. The van der Waals surface area contributed by atoms with E-state index in [1.807, 2.05) is 23.1 Å². The van der Waals surface area contributed by atoms with E-state index in [2.05, 4.69) is 12.1 Å². The summed E-state index contributed by atoms with van der Waals surface area (Å²) in [7, 11) is 1.57. The van der Waals surface area contributed by atoms with Crippen LogP contribution in [0.2, 0.25) is 5.02 Å². The topological polar surface area (TPSA) is 38.8 Å². The Morgan fingerprint density at radius 1 is 1.23 bits per heavy atom. The Morgan fingerprint density at radius 2 is 2.04 bits per heavy atom. The first-order valence-corrected chi connectivity index (χ1v) is 9.29. The van der Waals surface area contributed by atoms with Crippen molar-refractivity contribution in [2.45, 2.75) is 19.4 Å². The second kappa shape index (κ2) is 9.06. The highest BCUT2D eigenvalue weighted by molar-refractivity contribution is 6.31. The first-order chi connectivity index (χ1) is 12.7. The van der Waals surface area contributed by atoms with Crippen LogP contribution in [0.25, 0.3) is 0 Å². The number of amides is 1. The largest absolute Gasteiger partial charge is 0.496 e. The van der Waals surface area contributed by atoms with Gasteiger partial charge >= 0.3 is 0 Å². The SMILES string of the molecule is COc1ccc(Cl)cc1C(=O)N1CCCC(COCc2ccccc2)C1. The quantitative estimate of drug-likeness (QED) is 0.752. The Kier molecular flexibility index (Phi) is 6.53. The second-order valence-corrected chi connectivity index (χ2v) is 7.04. The van der Waals surface area contributed by atoms with Crippen LogP contribution in [0.3, 0.4) is 0 Å². The maximum atomic E-state index is 12.9. The highest BCUT2D eigenvalue weighted by Gasteiger charge is 2.26. The molecule has 1 heterocycles. The number of halogens is 1. The summed E-state index contributed by atoms with van der Waals surface area (Å²) < 4.78 is 11.2. The minimum absolute atomic E-state index is 0.0305. The van der Waals surface area contributed by atoms with Gasteiger partial charge in [-0.25, -0.2) is 0 Å². The van der Waals surface area contributed by atoms with Crippen LogP contribution in [0.1, 0.15) is 28.8 Å². The number of ether oxygens (including phenoxy) is 2. The van der Waals surface area contributed by atoms with Crippen molar-refractivity contribution < 1.29 is 14.3 Å². The molecule has 0 radical (unpaired) electrons. The number of methoxy groups -OCH3 is 1. The van der Waals surface area contributed by atoms with Crippen LogP contribution in [0.5, 0.6) is 5.75 Å². The van der Waals surface area contributed by atoms with Crippen molar-refractivity contribution >= 4 is 17.5 Å². The summed E-state index contributed by atoms with van der Waals surface area (Å²) >= 11 is 6.07. The molecule has 1 aliphatic heterocycles. The first kappa shape index (κ1) is 18.7. The highest BCUT2D eigenvalue weighted by Crippen LogP contribution is 2.26. The molecule has 3 rings (SSSR count). The predicted molar refractivity (Wildman–Crippen MR) is 103 cm³/mol. The molecule has 1 atom stereocenters. The zero-order chi connectivity index (χ0) is 18.4. The molecule has 0 aliphatic carbocycles. The average molecular weight is 374 g/mol. The summed E-state index contributed by atoms with van der Waals surface area (Å²) in [5, 5.41) is 0.536. The highest BCUT2D eigenvalue weighted by atomic mass is 35.5. The van der Waals surface area contributed by atoms with Crippen LogP contribution in [-0.4, -0.2) is 37.6 Å². The van der Waals surface area contributed by atoms with Crippen molar-refractivity contribution in [2.24, 2.45) is 5.92 Å². The molecule has 5 heteroatoms. The van der Waals surface area contributed by atoms with E-state index in [9.17, 15) is 4.79 Å². The van der Waals surface area contributed by atoms with Gasteiger partial charge in [0.1, 0.15) is 5.75 Å². The van der Waals surface area contributed by atoms with Gasteiger partial charge in [-0.1, -0.05) is 41.9 Å². The molecule has 26 heavy (non-hydrogen) atoms. The molecule has 4 nitrogen and oxygen atoms in total. The Morgan fingerprint density at radius 3 is 2.81 bits per heavy atom. The number of carbonyl (C=O) groups excluding carboxylic acids is 1. The summed E-state index contributed by atoms with van der Waals surface area (Å²) in [6.45, 7) is 2.71. The van der Waals surface area contributed by atoms with Gasteiger partial charge in [0.15, 0.2) is 0 Å². The fourth-order valence-electron chi connectivity index (χ4n) is 3.32. The summed E-state index contributed by atoms with van der Waals surface area (Å²) in [5.74, 6) is 0.876. The fraction of sp³-hybridized carbons (Fsp3) is 0.381. The molecule has 1 unspecified atom stereocenters. The van der Waals surface area contributed by atoms with Crippen molar-refractivity contribution in [3.8, 4) is 5.75 Å². The average Bonchev–Trinajstić information content (AvgIpc) is 2.68. The summed E-state index contributed by atoms with van der Waals surface area (Å²) in [5.41, 5.74) is 1.69. The van der Waals surface area contributed by atoms with E-state index in [0.29, 0.717) is 42.0 Å². The molecule has 1 fully saturated rings. The van der Waals surface area contributed by atoms with E-state index in [-0.39, 0.29) is 5.91 Å². The molecule has 0 bridgehead atoms. The first-order valence-electron chi connectivity index (χ1n) is 8.92. The lowest BCUT2D eigenvalue weighted by Gasteiger charge is -2.33. The van der Waals surface area contributed by atoms with E-state index >= 15 is 0 Å². The molecule has 0 N–H and O–H groups in total. The van der Waals surface area contributed by atoms with Crippen LogP contribution in [-0.2, 0) is 11.3 Å². The van der Waals surface area contributed by atoms with Crippen molar-refractivity contribution in [2.75, 3.05) is 26.8 Å². The standard InChI is InChI=1S/C21H24ClNO3/c1-25-20-10-9-18(22)12-19(20)21(24)23-11-5-8-17(13-23)15-26-14-16-6-3-2-4-7-16/h2-4,6-7,9-10,12,17H,5,8,11,13-15H2,1H3. The lowest BCUT2D eigenvalue weighted by Crippen LogP contribution is -2.41. The number of benzene rings is 2. The predicted octanol–water partition coefficient (Wildman–Crippen LogP) is 4.42. The Labute approximate surface area is 159 Å². The minimum Gasteiger partial charge on any atom is -0.496 e. The van der Waals surface area contributed by atoms with Gasteiger partial charge in [-0.15, -0.1) is 0 Å². The number of piperidine rings is 1. The van der Waals surface area contributed by atoms with E-state index in [1.165, 1.54) is 5.56 Å². The molecule has 0 saturated carbocycles. The van der Waals surface area contributed by atoms with Crippen LogP contribution in [0.4, 0.5) is 0 Å². The Bertz CT molecular complexity index is 735. The van der Waals surface area contributed by atoms with Crippen LogP contribution in [0, 0.1) is 5.92 Å². The van der Waals surface area contributed by atoms with Gasteiger partial charge in [-0.2, -0.15) is 0 Å². The van der Waals surface area contributed by atoms with Gasteiger partial charge in [-0.3, -0.25) is 4.79 Å². The molecule has 1 saturated heterocycles. The van der Waals surface area contributed by atoms with Gasteiger partial charge < -0.3 is 14.4 Å². The lowest BCUT2D eigenvalue weighted by atomic mass is 9.98. The van der Waals surface area contributed by atoms with Gasteiger partial charge in [0.2, 0.25) is 0 Å². The molecule has 2 aromatic carbocycles. The molecular formula is C21H24ClNO3. The van der Waals surface area contributed by atoms with Crippen LogP contribution in [0.15, 0.2) is 48.5 Å². The van der Waals surface area contributed by atoms with Crippen molar-refractivity contribution in [1.29, 1.82) is 0 Å². The number of carbonyl (C=O) groups is 1. The smallest absolute Gasteiger partial charge is 0.257 e. The summed E-state index contributed by atoms with van der Waals surface area (Å²) in [4.78, 5) is 14.8. The van der Waals surface area contributed by atoms with E-state index in [1.54, 1.807) is 25.3 Å². The fourth-order valence-corrected chi connectivity index (χ4v) is 3.49. The van der Waals surface area contributed by atoms with Crippen molar-refractivity contribution in [3.63, 3.8) is 0 Å². The second-order valence-electron chi connectivity index (χ2n) is 6.60. The van der Waals surface area contributed by atoms with Crippen molar-refractivity contribution in [3.05, 3.63) is 64.7 Å². The zero-order valence-corrected chi connectivity index (χ0v) is 15.7. The van der Waals surface area contributed by atoms with E-state index in [4.69, 9.17) is 21.1 Å². The molecule has 138 valence electrons. The third kappa shape index (κ3) is 4.77. The number of hydrogen-bond donors (Lipinski definition) is 0. The van der Waals surface area contributed by atoms with Gasteiger partial charge in [0.05, 0.1) is 25.9 Å². The minimum atomic E-state index is -0.0305. The lowest BCUT2D eigenvalue weighted by molar-refractivity contribution is 0.0424. The molecular weight excluding hydrogens is 350 g/mol.